The SMILES string of the molecule is N#Cc1ncc(N2CCC[C@H](N[C@@H]3CCCC[C@H]3Nc3cc(-c4cc(F)c(F)cc4F)ccn3)C2)cn1. The van der Waals surface area contributed by atoms with Gasteiger partial charge in [-0.2, -0.15) is 5.26 Å². The number of piperidine rings is 1. The molecule has 3 aromatic rings. The van der Waals surface area contributed by atoms with E-state index in [-0.39, 0.29) is 29.5 Å². The Morgan fingerprint density at radius 3 is 2.43 bits per heavy atom. The minimum absolute atomic E-state index is 0.00301. The highest BCUT2D eigenvalue weighted by molar-refractivity contribution is 5.67. The van der Waals surface area contributed by atoms with Crippen LogP contribution in [0.15, 0.2) is 42.9 Å². The molecule has 5 rings (SSSR count). The lowest BCUT2D eigenvalue weighted by Crippen LogP contribution is -2.55. The highest BCUT2D eigenvalue weighted by atomic mass is 19.2. The van der Waals surface area contributed by atoms with Crippen LogP contribution in [0.4, 0.5) is 24.7 Å². The van der Waals surface area contributed by atoms with Gasteiger partial charge in [-0.05, 0) is 49.4 Å². The van der Waals surface area contributed by atoms with Crippen molar-refractivity contribution in [2.75, 3.05) is 23.3 Å². The third kappa shape index (κ3) is 5.83. The molecule has 1 saturated heterocycles. The van der Waals surface area contributed by atoms with Crippen molar-refractivity contribution in [3.05, 3.63) is 66.1 Å². The Kier molecular flexibility index (Phi) is 7.51. The smallest absolute Gasteiger partial charge is 0.232 e. The maximum Gasteiger partial charge on any atom is 0.232 e. The van der Waals surface area contributed by atoms with E-state index < -0.39 is 17.5 Å². The standard InChI is InChI=1S/C27H28F3N7/c28-21-12-23(30)22(29)11-20(21)17-7-8-32-26(10-17)36-25-6-2-1-5-24(25)35-18-4-3-9-37(16-18)19-14-33-27(13-31)34-15-19/h7-8,10-12,14-15,18,24-25,35H,1-6,9,16H2,(H,32,36)/t18-,24+,25+/m0/s1. The van der Waals surface area contributed by atoms with Gasteiger partial charge in [0, 0.05) is 49.0 Å². The summed E-state index contributed by atoms with van der Waals surface area (Å²) in [6.45, 7) is 1.73. The highest BCUT2D eigenvalue weighted by Gasteiger charge is 2.29. The second-order valence-electron chi connectivity index (χ2n) is 9.65. The third-order valence-corrected chi connectivity index (χ3v) is 7.15. The summed E-state index contributed by atoms with van der Waals surface area (Å²) in [6, 6.07) is 7.29. The number of aromatic nitrogens is 3. The fourth-order valence-corrected chi connectivity index (χ4v) is 5.31. The van der Waals surface area contributed by atoms with Crippen LogP contribution < -0.4 is 15.5 Å². The van der Waals surface area contributed by atoms with Gasteiger partial charge < -0.3 is 15.5 Å². The van der Waals surface area contributed by atoms with Crippen LogP contribution >= 0.6 is 0 Å². The first-order valence-electron chi connectivity index (χ1n) is 12.6. The molecule has 2 aromatic heterocycles. The van der Waals surface area contributed by atoms with Crippen LogP contribution in [0.1, 0.15) is 44.3 Å². The van der Waals surface area contributed by atoms with E-state index in [1.807, 2.05) is 6.07 Å². The van der Waals surface area contributed by atoms with Gasteiger partial charge in [-0.15, -0.1) is 0 Å². The molecule has 7 nitrogen and oxygen atoms in total. The first kappa shape index (κ1) is 25.0. The fraction of sp³-hybridized carbons (Fsp3) is 0.407. The van der Waals surface area contributed by atoms with E-state index in [9.17, 15) is 13.2 Å². The zero-order chi connectivity index (χ0) is 25.8. The first-order valence-corrected chi connectivity index (χ1v) is 12.6. The molecule has 3 heterocycles. The van der Waals surface area contributed by atoms with Gasteiger partial charge in [0.05, 0.1) is 18.1 Å². The number of anilines is 2. The molecular formula is C27H28F3N7. The molecule has 0 unspecified atom stereocenters. The monoisotopic (exact) mass is 507 g/mol. The largest absolute Gasteiger partial charge is 0.367 e. The molecule has 2 aliphatic rings. The Morgan fingerprint density at radius 2 is 1.65 bits per heavy atom. The molecule has 192 valence electrons. The minimum atomic E-state index is -1.21. The van der Waals surface area contributed by atoms with Crippen molar-refractivity contribution in [3.63, 3.8) is 0 Å². The summed E-state index contributed by atoms with van der Waals surface area (Å²) in [5.74, 6) is -2.38. The van der Waals surface area contributed by atoms with E-state index in [4.69, 9.17) is 5.26 Å². The topological polar surface area (TPSA) is 89.8 Å². The molecule has 0 spiro atoms. The van der Waals surface area contributed by atoms with Gasteiger partial charge in [-0.3, -0.25) is 0 Å². The van der Waals surface area contributed by atoms with Crippen molar-refractivity contribution in [2.45, 2.75) is 56.7 Å². The average molecular weight is 508 g/mol. The van der Waals surface area contributed by atoms with Crippen molar-refractivity contribution in [1.82, 2.24) is 20.3 Å². The molecule has 1 aromatic carbocycles. The molecule has 1 aliphatic carbocycles. The van der Waals surface area contributed by atoms with E-state index >= 15 is 0 Å². The van der Waals surface area contributed by atoms with E-state index in [1.54, 1.807) is 30.7 Å². The Balaban J connectivity index is 1.26. The number of nitrogens with one attached hydrogen (secondary N) is 2. The lowest BCUT2D eigenvalue weighted by Gasteiger charge is -2.40. The number of hydrogen-bond donors (Lipinski definition) is 2. The fourth-order valence-electron chi connectivity index (χ4n) is 5.31. The summed E-state index contributed by atoms with van der Waals surface area (Å²) in [7, 11) is 0. The van der Waals surface area contributed by atoms with Crippen molar-refractivity contribution in [2.24, 2.45) is 0 Å². The Labute approximate surface area is 213 Å². The molecule has 37 heavy (non-hydrogen) atoms. The summed E-state index contributed by atoms with van der Waals surface area (Å²) in [6.07, 6.45) is 11.2. The van der Waals surface area contributed by atoms with Crippen LogP contribution in [0, 0.1) is 28.8 Å². The molecule has 1 saturated carbocycles. The number of halogens is 3. The molecule has 0 radical (unpaired) electrons. The summed E-state index contributed by atoms with van der Waals surface area (Å²) in [4.78, 5) is 14.8. The molecule has 2 fully saturated rings. The number of benzene rings is 1. The highest BCUT2D eigenvalue weighted by Crippen LogP contribution is 2.29. The Morgan fingerprint density at radius 1 is 0.892 bits per heavy atom. The van der Waals surface area contributed by atoms with Crippen molar-refractivity contribution in [3.8, 4) is 17.2 Å². The predicted octanol–water partition coefficient (Wildman–Crippen LogP) is 4.81. The van der Waals surface area contributed by atoms with E-state index in [2.05, 4.69) is 30.5 Å². The van der Waals surface area contributed by atoms with E-state index in [1.165, 1.54) is 0 Å². The third-order valence-electron chi connectivity index (χ3n) is 7.15. The summed E-state index contributed by atoms with van der Waals surface area (Å²) < 4.78 is 41.5. The van der Waals surface area contributed by atoms with Gasteiger partial charge in [0.25, 0.3) is 0 Å². The lowest BCUT2D eigenvalue weighted by molar-refractivity contribution is 0.293. The molecule has 1 aliphatic heterocycles. The van der Waals surface area contributed by atoms with Gasteiger partial charge in [0.15, 0.2) is 11.6 Å². The maximum atomic E-state index is 14.3. The molecular weight excluding hydrogens is 479 g/mol. The predicted molar refractivity (Wildman–Crippen MR) is 134 cm³/mol. The molecule has 0 amide bonds. The molecule has 0 bridgehead atoms. The number of hydrogen-bond acceptors (Lipinski definition) is 7. The van der Waals surface area contributed by atoms with Crippen LogP contribution in [0.5, 0.6) is 0 Å². The zero-order valence-electron chi connectivity index (χ0n) is 20.3. The van der Waals surface area contributed by atoms with Gasteiger partial charge >= 0.3 is 0 Å². The normalized spacial score (nSPS) is 21.9. The van der Waals surface area contributed by atoms with E-state index in [0.717, 1.165) is 63.4 Å². The second kappa shape index (κ2) is 11.1. The van der Waals surface area contributed by atoms with Gasteiger partial charge in [-0.25, -0.2) is 28.1 Å². The van der Waals surface area contributed by atoms with Crippen molar-refractivity contribution in [1.29, 1.82) is 5.26 Å². The Bertz CT molecular complexity index is 1280. The number of rotatable bonds is 6. The number of nitrogens with zero attached hydrogens (tertiary/aromatic N) is 5. The van der Waals surface area contributed by atoms with Gasteiger partial charge in [-0.1, -0.05) is 12.8 Å². The summed E-state index contributed by atoms with van der Waals surface area (Å²) in [5, 5.41) is 16.3. The van der Waals surface area contributed by atoms with Crippen LogP contribution in [-0.2, 0) is 0 Å². The van der Waals surface area contributed by atoms with Crippen LogP contribution in [0.25, 0.3) is 11.1 Å². The first-order chi connectivity index (χ1) is 18.0. The van der Waals surface area contributed by atoms with Crippen molar-refractivity contribution < 1.29 is 13.2 Å². The van der Waals surface area contributed by atoms with Gasteiger partial charge in [0.2, 0.25) is 5.82 Å². The molecule has 10 heteroatoms. The summed E-state index contributed by atoms with van der Waals surface area (Å²) in [5.41, 5.74) is 1.34. The molecule has 2 N–H and O–H groups in total. The Hall–Kier alpha value is -3.71. The zero-order valence-corrected chi connectivity index (χ0v) is 20.3. The van der Waals surface area contributed by atoms with E-state index in [0.29, 0.717) is 17.4 Å². The number of pyridine rings is 1. The van der Waals surface area contributed by atoms with Crippen LogP contribution in [0.3, 0.4) is 0 Å². The average Bonchev–Trinajstić information content (AvgIpc) is 2.92. The molecule has 3 atom stereocenters. The summed E-state index contributed by atoms with van der Waals surface area (Å²) >= 11 is 0. The van der Waals surface area contributed by atoms with Gasteiger partial charge in [0.1, 0.15) is 17.7 Å². The minimum Gasteiger partial charge on any atom is -0.367 e. The van der Waals surface area contributed by atoms with Crippen LogP contribution in [-0.4, -0.2) is 46.2 Å². The lowest BCUT2D eigenvalue weighted by atomic mass is 9.89. The second-order valence-corrected chi connectivity index (χ2v) is 9.65. The maximum absolute atomic E-state index is 14.3. The van der Waals surface area contributed by atoms with Crippen molar-refractivity contribution >= 4 is 11.5 Å². The van der Waals surface area contributed by atoms with Crippen LogP contribution in [0.2, 0.25) is 0 Å². The quantitative estimate of drug-likeness (QED) is 0.463. The number of nitriles is 1.